The second kappa shape index (κ2) is 8.91. The van der Waals surface area contributed by atoms with Gasteiger partial charge in [-0.3, -0.25) is 9.79 Å². The molecule has 2 N–H and O–H groups in total. The fourth-order valence-electron chi connectivity index (χ4n) is 2.15. The fourth-order valence-corrected chi connectivity index (χ4v) is 2.15. The molecule has 0 bridgehead atoms. The first-order chi connectivity index (χ1) is 11.9. The third-order valence-corrected chi connectivity index (χ3v) is 3.65. The van der Waals surface area contributed by atoms with E-state index in [-0.39, 0.29) is 5.91 Å². The van der Waals surface area contributed by atoms with Gasteiger partial charge in [0, 0.05) is 39.1 Å². The topological polar surface area (TPSA) is 56.7 Å². The van der Waals surface area contributed by atoms with Crippen LogP contribution in [0.25, 0.3) is 0 Å². The molecular weight excluding hydrogens is 345 g/mol. The van der Waals surface area contributed by atoms with Gasteiger partial charge in [0.25, 0.3) is 0 Å². The summed E-state index contributed by atoms with van der Waals surface area (Å²) in [5, 5.41) is 5.94. The van der Waals surface area contributed by atoms with Crippen LogP contribution in [0.4, 0.5) is 13.2 Å². The molecule has 1 aromatic rings. The SMILES string of the molecule is CN=C(NCCNC(=O)C(C)(C)C)N(C)Cc1ccc(C(F)(F)F)cc1. The average Bonchev–Trinajstić information content (AvgIpc) is 2.53. The van der Waals surface area contributed by atoms with Gasteiger partial charge in [0.05, 0.1) is 5.56 Å². The van der Waals surface area contributed by atoms with Crippen molar-refractivity contribution in [3.63, 3.8) is 0 Å². The van der Waals surface area contributed by atoms with Gasteiger partial charge in [-0.15, -0.1) is 0 Å². The van der Waals surface area contributed by atoms with Gasteiger partial charge < -0.3 is 15.5 Å². The van der Waals surface area contributed by atoms with Gasteiger partial charge in [-0.05, 0) is 17.7 Å². The van der Waals surface area contributed by atoms with E-state index in [0.29, 0.717) is 25.6 Å². The molecule has 0 radical (unpaired) electrons. The average molecular weight is 372 g/mol. The molecule has 0 aromatic heterocycles. The number of amides is 1. The van der Waals surface area contributed by atoms with Gasteiger partial charge in [-0.1, -0.05) is 32.9 Å². The summed E-state index contributed by atoms with van der Waals surface area (Å²) in [4.78, 5) is 17.7. The number of nitrogens with one attached hydrogen (secondary N) is 2. The number of guanidine groups is 1. The quantitative estimate of drug-likeness (QED) is 0.475. The van der Waals surface area contributed by atoms with Crippen molar-refractivity contribution >= 4 is 11.9 Å². The van der Waals surface area contributed by atoms with Crippen LogP contribution in [-0.2, 0) is 17.5 Å². The second-order valence-electron chi connectivity index (χ2n) is 7.03. The van der Waals surface area contributed by atoms with Crippen molar-refractivity contribution in [3.8, 4) is 0 Å². The van der Waals surface area contributed by atoms with Crippen LogP contribution in [0, 0.1) is 5.41 Å². The maximum absolute atomic E-state index is 12.6. The number of carbonyl (C=O) groups excluding carboxylic acids is 1. The van der Waals surface area contributed by atoms with Crippen molar-refractivity contribution < 1.29 is 18.0 Å². The van der Waals surface area contributed by atoms with E-state index >= 15 is 0 Å². The Morgan fingerprint density at radius 3 is 2.08 bits per heavy atom. The molecule has 0 spiro atoms. The summed E-state index contributed by atoms with van der Waals surface area (Å²) in [5.41, 5.74) is -0.369. The predicted octanol–water partition coefficient (Wildman–Crippen LogP) is 2.87. The standard InChI is InChI=1S/C18H27F3N4O/c1-17(2,3)15(26)23-10-11-24-16(22-4)25(5)12-13-6-8-14(9-7-13)18(19,20)21/h6-9H,10-12H2,1-5H3,(H,22,24)(H,23,26). The smallest absolute Gasteiger partial charge is 0.354 e. The second-order valence-corrected chi connectivity index (χ2v) is 7.03. The number of nitrogens with zero attached hydrogens (tertiary/aromatic N) is 2. The van der Waals surface area contributed by atoms with E-state index in [9.17, 15) is 18.0 Å². The van der Waals surface area contributed by atoms with E-state index in [4.69, 9.17) is 0 Å². The Hall–Kier alpha value is -2.25. The van der Waals surface area contributed by atoms with Crippen LogP contribution in [0.5, 0.6) is 0 Å². The van der Waals surface area contributed by atoms with Crippen molar-refractivity contribution in [3.05, 3.63) is 35.4 Å². The first-order valence-corrected chi connectivity index (χ1v) is 8.31. The summed E-state index contributed by atoms with van der Waals surface area (Å²) < 4.78 is 37.8. The van der Waals surface area contributed by atoms with E-state index in [1.807, 2.05) is 20.8 Å². The molecular formula is C18H27F3N4O. The number of benzene rings is 1. The fraction of sp³-hybridized carbons (Fsp3) is 0.556. The monoisotopic (exact) mass is 372 g/mol. The molecule has 0 saturated carbocycles. The molecule has 0 aliphatic rings. The molecule has 1 amide bonds. The minimum atomic E-state index is -4.33. The van der Waals surface area contributed by atoms with Gasteiger partial charge in [-0.25, -0.2) is 0 Å². The lowest BCUT2D eigenvalue weighted by Crippen LogP contribution is -2.43. The van der Waals surface area contributed by atoms with Crippen LogP contribution < -0.4 is 10.6 Å². The number of hydrogen-bond donors (Lipinski definition) is 2. The van der Waals surface area contributed by atoms with Gasteiger partial charge in [-0.2, -0.15) is 13.2 Å². The Bertz CT molecular complexity index is 619. The molecule has 0 atom stereocenters. The number of alkyl halides is 3. The van der Waals surface area contributed by atoms with Crippen molar-refractivity contribution in [2.45, 2.75) is 33.5 Å². The molecule has 0 unspecified atom stereocenters. The lowest BCUT2D eigenvalue weighted by atomic mass is 9.96. The zero-order valence-corrected chi connectivity index (χ0v) is 15.9. The number of rotatable bonds is 5. The Labute approximate surface area is 152 Å². The maximum atomic E-state index is 12.6. The highest BCUT2D eigenvalue weighted by molar-refractivity contribution is 5.81. The van der Waals surface area contributed by atoms with Crippen LogP contribution in [0.3, 0.4) is 0 Å². The lowest BCUT2D eigenvalue weighted by Gasteiger charge is -2.23. The molecule has 146 valence electrons. The van der Waals surface area contributed by atoms with Gasteiger partial charge in [0.1, 0.15) is 0 Å². The van der Waals surface area contributed by atoms with Gasteiger partial charge >= 0.3 is 6.18 Å². The van der Waals surface area contributed by atoms with Crippen LogP contribution in [0.15, 0.2) is 29.3 Å². The van der Waals surface area contributed by atoms with E-state index < -0.39 is 17.2 Å². The normalized spacial score (nSPS) is 12.7. The zero-order valence-electron chi connectivity index (χ0n) is 15.9. The summed E-state index contributed by atoms with van der Waals surface area (Å²) in [6.45, 7) is 6.87. The Morgan fingerprint density at radius 1 is 1.08 bits per heavy atom. The Morgan fingerprint density at radius 2 is 1.62 bits per heavy atom. The molecule has 1 rings (SSSR count). The highest BCUT2D eigenvalue weighted by Crippen LogP contribution is 2.29. The number of aliphatic imine (C=N–C) groups is 1. The molecule has 0 aliphatic carbocycles. The maximum Gasteiger partial charge on any atom is 0.416 e. The Balaban J connectivity index is 2.51. The van der Waals surface area contributed by atoms with Crippen molar-refractivity contribution in [2.75, 3.05) is 27.2 Å². The minimum absolute atomic E-state index is 0.0348. The molecule has 0 saturated heterocycles. The molecule has 0 fully saturated rings. The summed E-state index contributed by atoms with van der Waals surface area (Å²) in [6, 6.07) is 5.05. The number of hydrogen-bond acceptors (Lipinski definition) is 2. The van der Waals surface area contributed by atoms with Crippen LogP contribution in [0.2, 0.25) is 0 Å². The van der Waals surface area contributed by atoms with E-state index in [1.54, 1.807) is 19.0 Å². The molecule has 0 aliphatic heterocycles. The van der Waals surface area contributed by atoms with Crippen molar-refractivity contribution in [1.29, 1.82) is 0 Å². The summed E-state index contributed by atoms with van der Waals surface area (Å²) in [7, 11) is 3.42. The van der Waals surface area contributed by atoms with Crippen LogP contribution in [-0.4, -0.2) is 44.0 Å². The van der Waals surface area contributed by atoms with Crippen molar-refractivity contribution in [2.24, 2.45) is 10.4 Å². The van der Waals surface area contributed by atoms with Gasteiger partial charge in [0.15, 0.2) is 5.96 Å². The first kappa shape index (κ1) is 21.8. The zero-order chi connectivity index (χ0) is 20.0. The predicted molar refractivity (Wildman–Crippen MR) is 96.7 cm³/mol. The number of carbonyl (C=O) groups is 1. The van der Waals surface area contributed by atoms with Crippen LogP contribution >= 0.6 is 0 Å². The largest absolute Gasteiger partial charge is 0.416 e. The molecule has 8 heteroatoms. The molecule has 1 aromatic carbocycles. The van der Waals surface area contributed by atoms with Crippen molar-refractivity contribution in [1.82, 2.24) is 15.5 Å². The third kappa shape index (κ3) is 6.93. The first-order valence-electron chi connectivity index (χ1n) is 8.31. The third-order valence-electron chi connectivity index (χ3n) is 3.65. The highest BCUT2D eigenvalue weighted by Gasteiger charge is 2.30. The summed E-state index contributed by atoms with van der Waals surface area (Å²) in [6.07, 6.45) is -4.33. The summed E-state index contributed by atoms with van der Waals surface area (Å²) >= 11 is 0. The molecule has 26 heavy (non-hydrogen) atoms. The van der Waals surface area contributed by atoms with Gasteiger partial charge in [0.2, 0.25) is 5.91 Å². The number of halogens is 3. The molecule has 0 heterocycles. The van der Waals surface area contributed by atoms with E-state index in [2.05, 4.69) is 15.6 Å². The minimum Gasteiger partial charge on any atom is -0.354 e. The summed E-state index contributed by atoms with van der Waals surface area (Å²) in [5.74, 6) is 0.558. The Kier molecular flexibility index (Phi) is 7.47. The molecule has 5 nitrogen and oxygen atoms in total. The lowest BCUT2D eigenvalue weighted by molar-refractivity contribution is -0.137. The van der Waals surface area contributed by atoms with E-state index in [0.717, 1.165) is 17.7 Å². The van der Waals surface area contributed by atoms with Crippen LogP contribution in [0.1, 0.15) is 31.9 Å². The highest BCUT2D eigenvalue weighted by atomic mass is 19.4. The van der Waals surface area contributed by atoms with E-state index in [1.165, 1.54) is 12.1 Å².